The van der Waals surface area contributed by atoms with Gasteiger partial charge < -0.3 is 5.32 Å². The molecule has 0 aliphatic rings. The number of amides is 1. The molecule has 4 rings (SSSR count). The average Bonchev–Trinajstić information content (AvgIpc) is 3.13. The molecule has 1 N–H and O–H groups in total. The van der Waals surface area contributed by atoms with E-state index in [2.05, 4.69) is 15.3 Å². The summed E-state index contributed by atoms with van der Waals surface area (Å²) in [5.74, 6) is -2.01. The average molecular weight is 395 g/mol. The zero-order chi connectivity index (χ0) is 19.5. The maximum atomic E-state index is 13.4. The van der Waals surface area contributed by atoms with Crippen LogP contribution in [0, 0.1) is 11.6 Å². The molecule has 1 amide bonds. The predicted octanol–water partition coefficient (Wildman–Crippen LogP) is 4.49. The summed E-state index contributed by atoms with van der Waals surface area (Å²) in [5.41, 5.74) is 3.05. The molecule has 2 aromatic heterocycles. The van der Waals surface area contributed by atoms with Crippen LogP contribution >= 0.6 is 11.3 Å². The van der Waals surface area contributed by atoms with Crippen molar-refractivity contribution in [1.29, 1.82) is 0 Å². The zero-order valence-corrected chi connectivity index (χ0v) is 15.5. The summed E-state index contributed by atoms with van der Waals surface area (Å²) < 4.78 is 26.4. The monoisotopic (exact) mass is 395 g/mol. The van der Waals surface area contributed by atoms with E-state index in [0.717, 1.165) is 17.2 Å². The molecule has 0 aliphatic carbocycles. The van der Waals surface area contributed by atoms with Crippen LogP contribution < -0.4 is 5.32 Å². The molecule has 0 aliphatic heterocycles. The topological polar surface area (TPSA) is 54.9 Å². The minimum absolute atomic E-state index is 0.256. The normalized spacial score (nSPS) is 10.9. The third kappa shape index (κ3) is 4.04. The van der Waals surface area contributed by atoms with Crippen molar-refractivity contribution in [3.05, 3.63) is 94.1 Å². The number of nitrogens with one attached hydrogen (secondary N) is 1. The number of fused-ring (bicyclic) bond motifs is 1. The number of hydrogen-bond acceptors (Lipinski definition) is 4. The fourth-order valence-corrected chi connectivity index (χ4v) is 3.60. The van der Waals surface area contributed by atoms with Crippen molar-refractivity contribution in [3.63, 3.8) is 0 Å². The molecule has 140 valence electrons. The zero-order valence-electron chi connectivity index (χ0n) is 14.7. The summed E-state index contributed by atoms with van der Waals surface area (Å²) >= 11 is 1.22. The first-order valence-electron chi connectivity index (χ1n) is 8.60. The van der Waals surface area contributed by atoms with Crippen LogP contribution in [0.5, 0.6) is 0 Å². The first-order chi connectivity index (χ1) is 13.6. The number of pyridine rings is 1. The molecule has 0 radical (unpaired) electrons. The van der Waals surface area contributed by atoms with E-state index < -0.39 is 11.6 Å². The number of carbonyl (C=O) groups is 1. The van der Waals surface area contributed by atoms with Gasteiger partial charge in [-0.25, -0.2) is 18.7 Å². The molecule has 4 nitrogen and oxygen atoms in total. The molecule has 4 aromatic rings. The third-order valence-corrected chi connectivity index (χ3v) is 5.16. The van der Waals surface area contributed by atoms with E-state index in [-0.39, 0.29) is 5.91 Å². The van der Waals surface area contributed by atoms with Crippen molar-refractivity contribution in [2.24, 2.45) is 0 Å². The number of aromatic nitrogens is 2. The van der Waals surface area contributed by atoms with Gasteiger partial charge in [-0.3, -0.25) is 4.79 Å². The molecule has 28 heavy (non-hydrogen) atoms. The molecule has 0 saturated heterocycles. The van der Waals surface area contributed by atoms with Gasteiger partial charge in [-0.1, -0.05) is 47.7 Å². The maximum absolute atomic E-state index is 13.4. The van der Waals surface area contributed by atoms with E-state index in [1.165, 1.54) is 23.5 Å². The van der Waals surface area contributed by atoms with Gasteiger partial charge in [0.15, 0.2) is 16.6 Å². The standard InChI is InChI=1S/C21H15F2N3OS/c22-16-7-6-14(9-17(16)23)8-15-10-18-20(25-12-15)28-21(26-18)19(27)24-11-13-4-2-1-3-5-13/h1-7,9-10,12H,8,11H2,(H,24,27). The molecule has 0 unspecified atom stereocenters. The maximum Gasteiger partial charge on any atom is 0.280 e. The van der Waals surface area contributed by atoms with Gasteiger partial charge in [-0.05, 0) is 41.3 Å². The first-order valence-corrected chi connectivity index (χ1v) is 9.41. The van der Waals surface area contributed by atoms with Gasteiger partial charge in [0, 0.05) is 12.7 Å². The third-order valence-electron chi connectivity index (χ3n) is 4.19. The summed E-state index contributed by atoms with van der Waals surface area (Å²) in [7, 11) is 0. The predicted molar refractivity (Wildman–Crippen MR) is 104 cm³/mol. The Balaban J connectivity index is 1.49. The molecule has 2 heterocycles. The fourth-order valence-electron chi connectivity index (χ4n) is 2.80. The van der Waals surface area contributed by atoms with E-state index in [1.807, 2.05) is 36.4 Å². The van der Waals surface area contributed by atoms with Crippen LogP contribution in [-0.2, 0) is 13.0 Å². The van der Waals surface area contributed by atoms with Crippen LogP contribution in [-0.4, -0.2) is 15.9 Å². The molecule has 0 fully saturated rings. The van der Waals surface area contributed by atoms with Crippen molar-refractivity contribution in [2.45, 2.75) is 13.0 Å². The van der Waals surface area contributed by atoms with Gasteiger partial charge in [0.2, 0.25) is 0 Å². The number of halogens is 2. The Morgan fingerprint density at radius 1 is 0.964 bits per heavy atom. The summed E-state index contributed by atoms with van der Waals surface area (Å²) in [5, 5.41) is 3.18. The van der Waals surface area contributed by atoms with E-state index in [1.54, 1.807) is 6.20 Å². The molecule has 2 aromatic carbocycles. The largest absolute Gasteiger partial charge is 0.346 e. The van der Waals surface area contributed by atoms with Crippen LogP contribution in [0.4, 0.5) is 8.78 Å². The van der Waals surface area contributed by atoms with Crippen LogP contribution in [0.2, 0.25) is 0 Å². The SMILES string of the molecule is O=C(NCc1ccccc1)c1nc2cc(Cc3ccc(F)c(F)c3)cnc2s1. The Bertz CT molecular complexity index is 1150. The molecule has 0 saturated carbocycles. The van der Waals surface area contributed by atoms with Gasteiger partial charge in [0.05, 0.1) is 0 Å². The summed E-state index contributed by atoms with van der Waals surface area (Å²) in [6.45, 7) is 0.421. The lowest BCUT2D eigenvalue weighted by Crippen LogP contribution is -2.22. The minimum Gasteiger partial charge on any atom is -0.346 e. The quantitative estimate of drug-likeness (QED) is 0.542. The highest BCUT2D eigenvalue weighted by molar-refractivity contribution is 7.19. The van der Waals surface area contributed by atoms with Crippen LogP contribution in [0.3, 0.4) is 0 Å². The molecular formula is C21H15F2N3OS. The van der Waals surface area contributed by atoms with E-state index >= 15 is 0 Å². The van der Waals surface area contributed by atoms with Gasteiger partial charge >= 0.3 is 0 Å². The lowest BCUT2D eigenvalue weighted by molar-refractivity contribution is 0.0950. The number of nitrogens with zero attached hydrogens (tertiary/aromatic N) is 2. The highest BCUT2D eigenvalue weighted by Crippen LogP contribution is 2.22. The van der Waals surface area contributed by atoms with Crippen molar-refractivity contribution in [2.75, 3.05) is 0 Å². The van der Waals surface area contributed by atoms with Crippen molar-refractivity contribution in [3.8, 4) is 0 Å². The summed E-state index contributed by atoms with van der Waals surface area (Å²) in [6, 6.07) is 15.2. The lowest BCUT2D eigenvalue weighted by Gasteiger charge is -2.02. The Morgan fingerprint density at radius 2 is 1.79 bits per heavy atom. The number of hydrogen-bond donors (Lipinski definition) is 1. The summed E-state index contributed by atoms with van der Waals surface area (Å²) in [4.78, 5) is 21.7. The first kappa shape index (κ1) is 18.2. The van der Waals surface area contributed by atoms with Gasteiger partial charge in [-0.15, -0.1) is 0 Å². The lowest BCUT2D eigenvalue weighted by atomic mass is 10.1. The number of rotatable bonds is 5. The van der Waals surface area contributed by atoms with Crippen molar-refractivity contribution < 1.29 is 13.6 Å². The van der Waals surface area contributed by atoms with E-state index in [0.29, 0.717) is 33.9 Å². The van der Waals surface area contributed by atoms with Crippen LogP contribution in [0.25, 0.3) is 10.3 Å². The molecule has 0 bridgehead atoms. The molecule has 0 atom stereocenters. The van der Waals surface area contributed by atoms with Crippen molar-refractivity contribution in [1.82, 2.24) is 15.3 Å². The van der Waals surface area contributed by atoms with E-state index in [9.17, 15) is 13.6 Å². The highest BCUT2D eigenvalue weighted by Gasteiger charge is 2.13. The molecular weight excluding hydrogens is 380 g/mol. The number of benzene rings is 2. The van der Waals surface area contributed by atoms with Gasteiger partial charge in [0.1, 0.15) is 10.3 Å². The molecule has 7 heteroatoms. The Hall–Kier alpha value is -3.19. The van der Waals surface area contributed by atoms with Gasteiger partial charge in [0.25, 0.3) is 5.91 Å². The van der Waals surface area contributed by atoms with Gasteiger partial charge in [-0.2, -0.15) is 0 Å². The second-order valence-electron chi connectivity index (χ2n) is 6.28. The fraction of sp³-hybridized carbons (Fsp3) is 0.0952. The Labute approximate surface area is 163 Å². The Kier molecular flexibility index (Phi) is 5.08. The summed E-state index contributed by atoms with van der Waals surface area (Å²) in [6.07, 6.45) is 2.06. The Morgan fingerprint density at radius 3 is 2.57 bits per heavy atom. The second-order valence-corrected chi connectivity index (χ2v) is 7.26. The minimum atomic E-state index is -0.877. The number of carbonyl (C=O) groups excluding carboxylic acids is 1. The second kappa shape index (κ2) is 7.82. The highest BCUT2D eigenvalue weighted by atomic mass is 32.1. The van der Waals surface area contributed by atoms with Crippen LogP contribution in [0.15, 0.2) is 60.8 Å². The van der Waals surface area contributed by atoms with Crippen molar-refractivity contribution >= 4 is 27.6 Å². The van der Waals surface area contributed by atoms with E-state index in [4.69, 9.17) is 0 Å². The smallest absolute Gasteiger partial charge is 0.280 e. The van der Waals surface area contributed by atoms with Crippen LogP contribution in [0.1, 0.15) is 26.5 Å². The number of thiazole rings is 1. The molecule has 0 spiro atoms.